The minimum absolute atomic E-state index is 0.177. The number of benzene rings is 2. The number of ether oxygens (including phenoxy) is 3. The lowest BCUT2D eigenvalue weighted by molar-refractivity contribution is 0.172. The topological polar surface area (TPSA) is 64.1 Å². The number of methoxy groups -OCH3 is 2. The molecular weight excluding hydrogens is 366 g/mol. The maximum atomic E-state index is 5.77. The number of nitrogens with one attached hydrogen (secondary N) is 2. The van der Waals surface area contributed by atoms with E-state index in [9.17, 15) is 0 Å². The van der Waals surface area contributed by atoms with Crippen LogP contribution in [-0.2, 0) is 10.2 Å². The first-order chi connectivity index (χ1) is 14.2. The minimum Gasteiger partial charge on any atom is -0.497 e. The summed E-state index contributed by atoms with van der Waals surface area (Å²) >= 11 is 0. The van der Waals surface area contributed by atoms with Crippen molar-refractivity contribution in [2.24, 2.45) is 4.99 Å². The molecule has 0 amide bonds. The maximum absolute atomic E-state index is 5.77. The van der Waals surface area contributed by atoms with Crippen LogP contribution in [0.1, 0.15) is 24.8 Å². The molecule has 0 atom stereocenters. The van der Waals surface area contributed by atoms with Gasteiger partial charge in [-0.25, -0.2) is 0 Å². The van der Waals surface area contributed by atoms with E-state index in [2.05, 4.69) is 27.8 Å². The highest BCUT2D eigenvalue weighted by molar-refractivity contribution is 5.93. The van der Waals surface area contributed by atoms with Gasteiger partial charge < -0.3 is 24.8 Å². The zero-order chi connectivity index (χ0) is 20.5. The van der Waals surface area contributed by atoms with Crippen LogP contribution in [0.5, 0.6) is 11.5 Å². The maximum Gasteiger partial charge on any atom is 0.195 e. The molecule has 1 aliphatic rings. The molecule has 0 bridgehead atoms. The van der Waals surface area contributed by atoms with E-state index in [1.54, 1.807) is 21.3 Å². The van der Waals surface area contributed by atoms with Crippen molar-refractivity contribution < 1.29 is 14.2 Å². The van der Waals surface area contributed by atoms with Gasteiger partial charge in [0.25, 0.3) is 0 Å². The lowest BCUT2D eigenvalue weighted by Crippen LogP contribution is -2.36. The monoisotopic (exact) mass is 397 g/mol. The van der Waals surface area contributed by atoms with Gasteiger partial charge in [0.15, 0.2) is 5.96 Å². The predicted molar refractivity (Wildman–Crippen MR) is 117 cm³/mol. The molecule has 0 aromatic heterocycles. The van der Waals surface area contributed by atoms with Crippen LogP contribution in [0.2, 0.25) is 0 Å². The number of hydrogen-bond donors (Lipinski definition) is 2. The fraction of sp³-hybridized carbons (Fsp3) is 0.435. The van der Waals surface area contributed by atoms with E-state index in [1.165, 1.54) is 18.4 Å². The highest BCUT2D eigenvalue weighted by atomic mass is 16.5. The molecule has 0 spiro atoms. The first kappa shape index (κ1) is 21.0. The molecule has 6 nitrogen and oxygen atoms in total. The second-order valence-corrected chi connectivity index (χ2v) is 7.28. The molecule has 1 fully saturated rings. The van der Waals surface area contributed by atoms with Gasteiger partial charge in [-0.3, -0.25) is 4.99 Å². The summed E-state index contributed by atoms with van der Waals surface area (Å²) in [4.78, 5) is 4.37. The Labute approximate surface area is 173 Å². The van der Waals surface area contributed by atoms with E-state index >= 15 is 0 Å². The SMILES string of the molecule is CN=C(NCC1(c2ccc(OC)cc2)CC1)Nc1cccc(OCCCOC)c1. The quantitative estimate of drug-likeness (QED) is 0.362. The van der Waals surface area contributed by atoms with Gasteiger partial charge in [0.05, 0.1) is 13.7 Å². The molecule has 156 valence electrons. The third-order valence-electron chi connectivity index (χ3n) is 5.23. The Morgan fingerprint density at radius 2 is 1.83 bits per heavy atom. The lowest BCUT2D eigenvalue weighted by Gasteiger charge is -2.19. The van der Waals surface area contributed by atoms with Gasteiger partial charge in [0.2, 0.25) is 0 Å². The molecule has 0 heterocycles. The second-order valence-electron chi connectivity index (χ2n) is 7.28. The minimum atomic E-state index is 0.177. The number of nitrogens with zero attached hydrogens (tertiary/aromatic N) is 1. The van der Waals surface area contributed by atoms with E-state index in [0.29, 0.717) is 13.2 Å². The highest BCUT2D eigenvalue weighted by Gasteiger charge is 2.44. The van der Waals surface area contributed by atoms with E-state index < -0.39 is 0 Å². The average Bonchev–Trinajstić information content (AvgIpc) is 3.56. The van der Waals surface area contributed by atoms with Crippen molar-refractivity contribution in [3.05, 3.63) is 54.1 Å². The summed E-state index contributed by atoms with van der Waals surface area (Å²) in [6, 6.07) is 16.3. The van der Waals surface area contributed by atoms with Gasteiger partial charge in [0.1, 0.15) is 11.5 Å². The summed E-state index contributed by atoms with van der Waals surface area (Å²) < 4.78 is 16.1. The second kappa shape index (κ2) is 10.2. The Balaban J connectivity index is 1.54. The Hall–Kier alpha value is -2.73. The molecule has 2 aromatic carbocycles. The van der Waals surface area contributed by atoms with Crippen LogP contribution in [0.4, 0.5) is 5.69 Å². The molecule has 2 aromatic rings. The van der Waals surface area contributed by atoms with Crippen molar-refractivity contribution in [1.82, 2.24) is 5.32 Å². The molecule has 0 saturated heterocycles. The third kappa shape index (κ3) is 5.87. The third-order valence-corrected chi connectivity index (χ3v) is 5.23. The summed E-state index contributed by atoms with van der Waals surface area (Å²) in [6.45, 7) is 2.17. The van der Waals surface area contributed by atoms with E-state index in [4.69, 9.17) is 14.2 Å². The Morgan fingerprint density at radius 1 is 1.03 bits per heavy atom. The van der Waals surface area contributed by atoms with Crippen molar-refractivity contribution in [2.45, 2.75) is 24.7 Å². The number of hydrogen-bond acceptors (Lipinski definition) is 4. The van der Waals surface area contributed by atoms with Crippen LogP contribution in [0.25, 0.3) is 0 Å². The van der Waals surface area contributed by atoms with E-state index in [1.807, 2.05) is 36.4 Å². The van der Waals surface area contributed by atoms with Crippen LogP contribution in [0.15, 0.2) is 53.5 Å². The standard InChI is InChI=1S/C23H31N3O3/c1-24-22(26-19-6-4-7-21(16-19)29-15-5-14-27-2)25-17-23(12-13-23)18-8-10-20(28-3)11-9-18/h4,6-11,16H,5,12-15,17H2,1-3H3,(H2,24,25,26). The van der Waals surface area contributed by atoms with Crippen molar-refractivity contribution in [1.29, 1.82) is 0 Å². The van der Waals surface area contributed by atoms with E-state index in [-0.39, 0.29) is 5.41 Å². The zero-order valence-corrected chi connectivity index (χ0v) is 17.5. The van der Waals surface area contributed by atoms with Crippen molar-refractivity contribution in [3.63, 3.8) is 0 Å². The molecule has 6 heteroatoms. The van der Waals surface area contributed by atoms with Crippen molar-refractivity contribution in [3.8, 4) is 11.5 Å². The summed E-state index contributed by atoms with van der Waals surface area (Å²) in [5.41, 5.74) is 2.46. The van der Waals surface area contributed by atoms with Gasteiger partial charge in [0, 0.05) is 50.9 Å². The normalized spacial score (nSPS) is 14.9. The first-order valence-corrected chi connectivity index (χ1v) is 10.0. The summed E-state index contributed by atoms with van der Waals surface area (Å²) in [5.74, 6) is 2.47. The van der Waals surface area contributed by atoms with Gasteiger partial charge in [-0.1, -0.05) is 18.2 Å². The molecule has 0 radical (unpaired) electrons. The van der Waals surface area contributed by atoms with Gasteiger partial charge in [-0.2, -0.15) is 0 Å². The lowest BCUT2D eigenvalue weighted by atomic mass is 9.96. The molecular formula is C23H31N3O3. The average molecular weight is 398 g/mol. The molecule has 0 unspecified atom stereocenters. The number of anilines is 1. The largest absolute Gasteiger partial charge is 0.497 e. The van der Waals surface area contributed by atoms with Crippen molar-refractivity contribution >= 4 is 11.6 Å². The van der Waals surface area contributed by atoms with Gasteiger partial charge >= 0.3 is 0 Å². The fourth-order valence-electron chi connectivity index (χ4n) is 3.29. The Kier molecular flexibility index (Phi) is 7.36. The van der Waals surface area contributed by atoms with Crippen molar-refractivity contribution in [2.75, 3.05) is 46.3 Å². The molecule has 1 aliphatic carbocycles. The van der Waals surface area contributed by atoms with Crippen LogP contribution >= 0.6 is 0 Å². The first-order valence-electron chi connectivity index (χ1n) is 10.0. The number of aliphatic imine (C=N–C) groups is 1. The summed E-state index contributed by atoms with van der Waals surface area (Å²) in [5, 5.41) is 6.83. The molecule has 2 N–H and O–H groups in total. The predicted octanol–water partition coefficient (Wildman–Crippen LogP) is 3.83. The smallest absolute Gasteiger partial charge is 0.195 e. The highest BCUT2D eigenvalue weighted by Crippen LogP contribution is 2.47. The number of guanidine groups is 1. The summed E-state index contributed by atoms with van der Waals surface area (Å²) in [6.07, 6.45) is 3.22. The Bertz CT molecular complexity index is 801. The zero-order valence-electron chi connectivity index (χ0n) is 17.5. The van der Waals surface area contributed by atoms with Crippen LogP contribution in [0, 0.1) is 0 Å². The molecule has 29 heavy (non-hydrogen) atoms. The summed E-state index contributed by atoms with van der Waals surface area (Å²) in [7, 11) is 5.18. The van der Waals surface area contributed by atoms with Crippen LogP contribution < -0.4 is 20.1 Å². The molecule has 3 rings (SSSR count). The van der Waals surface area contributed by atoms with Gasteiger partial charge in [-0.15, -0.1) is 0 Å². The Morgan fingerprint density at radius 3 is 2.48 bits per heavy atom. The molecule has 0 aliphatic heterocycles. The number of rotatable bonds is 10. The van der Waals surface area contributed by atoms with Crippen LogP contribution in [-0.4, -0.2) is 47.0 Å². The van der Waals surface area contributed by atoms with E-state index in [0.717, 1.165) is 36.1 Å². The van der Waals surface area contributed by atoms with Crippen LogP contribution in [0.3, 0.4) is 0 Å². The van der Waals surface area contributed by atoms with Gasteiger partial charge in [-0.05, 0) is 42.7 Å². The molecule has 1 saturated carbocycles. The fourth-order valence-corrected chi connectivity index (χ4v) is 3.29.